The van der Waals surface area contributed by atoms with E-state index in [1.165, 1.54) is 0 Å². The minimum atomic E-state index is 0.0290. The smallest absolute Gasteiger partial charge is 0.161 e. The van der Waals surface area contributed by atoms with Gasteiger partial charge < -0.3 is 14.6 Å². The topological polar surface area (TPSA) is 54.3 Å². The number of nitrogens with zero attached hydrogens (tertiary/aromatic N) is 2. The van der Waals surface area contributed by atoms with Crippen molar-refractivity contribution >= 4 is 11.4 Å². The van der Waals surface area contributed by atoms with E-state index in [0.717, 1.165) is 34.5 Å². The number of rotatable bonds is 5. The van der Waals surface area contributed by atoms with E-state index in [0.29, 0.717) is 17.2 Å². The zero-order valence-corrected chi connectivity index (χ0v) is 16.8. The molecule has 0 fully saturated rings. The summed E-state index contributed by atoms with van der Waals surface area (Å²) in [5.74, 6) is 1.70. The molecule has 1 atom stereocenters. The summed E-state index contributed by atoms with van der Waals surface area (Å²) in [6, 6.07) is 21.8. The van der Waals surface area contributed by atoms with Crippen molar-refractivity contribution in [1.82, 2.24) is 0 Å². The molecule has 1 heterocycles. The zero-order chi connectivity index (χ0) is 20.4. The Kier molecular flexibility index (Phi) is 5.12. The van der Waals surface area contributed by atoms with E-state index in [-0.39, 0.29) is 6.04 Å². The summed E-state index contributed by atoms with van der Waals surface area (Å²) in [4.78, 5) is 0. The lowest BCUT2D eigenvalue weighted by Crippen LogP contribution is -2.18. The highest BCUT2D eigenvalue weighted by Gasteiger charge is 2.30. The molecule has 29 heavy (non-hydrogen) atoms. The predicted molar refractivity (Wildman–Crippen MR) is 115 cm³/mol. The molecular formula is C24H24N2O3. The lowest BCUT2D eigenvalue weighted by Gasteiger charge is -2.24. The summed E-state index contributed by atoms with van der Waals surface area (Å²) in [5, 5.41) is 16.9. The SMILES string of the molecule is COc1ccc(C2CC(c3ccc(O)c(C)c3)=NN2c2ccccc2)cc1OC. The van der Waals surface area contributed by atoms with Gasteiger partial charge in [0, 0.05) is 6.42 Å². The van der Waals surface area contributed by atoms with Gasteiger partial charge in [0.15, 0.2) is 11.5 Å². The summed E-state index contributed by atoms with van der Waals surface area (Å²) >= 11 is 0. The number of benzene rings is 3. The van der Waals surface area contributed by atoms with Crippen molar-refractivity contribution in [2.24, 2.45) is 5.10 Å². The number of ether oxygens (including phenoxy) is 2. The summed E-state index contributed by atoms with van der Waals surface area (Å²) < 4.78 is 10.9. The quantitative estimate of drug-likeness (QED) is 0.663. The van der Waals surface area contributed by atoms with Gasteiger partial charge in [-0.1, -0.05) is 24.3 Å². The van der Waals surface area contributed by atoms with Crippen LogP contribution in [0.3, 0.4) is 0 Å². The predicted octanol–water partition coefficient (Wildman–Crippen LogP) is 5.07. The van der Waals surface area contributed by atoms with E-state index >= 15 is 0 Å². The molecule has 1 aliphatic rings. The van der Waals surface area contributed by atoms with E-state index in [9.17, 15) is 5.11 Å². The first kappa shape index (κ1) is 18.9. The Morgan fingerprint density at radius 2 is 1.69 bits per heavy atom. The Morgan fingerprint density at radius 1 is 0.931 bits per heavy atom. The number of hydrazone groups is 1. The van der Waals surface area contributed by atoms with Crippen molar-refractivity contribution in [1.29, 1.82) is 0 Å². The Hall–Kier alpha value is -3.47. The number of hydrogen-bond acceptors (Lipinski definition) is 5. The molecule has 5 heteroatoms. The van der Waals surface area contributed by atoms with E-state index in [4.69, 9.17) is 14.6 Å². The van der Waals surface area contributed by atoms with Crippen LogP contribution in [-0.4, -0.2) is 25.0 Å². The Morgan fingerprint density at radius 3 is 2.38 bits per heavy atom. The normalized spacial score (nSPS) is 15.9. The molecule has 0 radical (unpaired) electrons. The Bertz CT molecular complexity index is 1050. The standard InChI is InChI=1S/C24H24N2O3/c1-16-13-17(9-11-22(16)27)20-15-21(26(25-20)19-7-5-4-6-8-19)18-10-12-23(28-2)24(14-18)29-3/h4-14,21,27H,15H2,1-3H3. The maximum atomic E-state index is 9.88. The minimum Gasteiger partial charge on any atom is -0.508 e. The number of para-hydroxylation sites is 1. The van der Waals surface area contributed by atoms with Crippen molar-refractivity contribution < 1.29 is 14.6 Å². The Labute approximate surface area is 170 Å². The van der Waals surface area contributed by atoms with Gasteiger partial charge in [-0.05, 0) is 66.1 Å². The molecule has 1 unspecified atom stereocenters. The molecule has 0 amide bonds. The molecule has 4 rings (SSSR count). The maximum absolute atomic E-state index is 9.88. The third-order valence-corrected chi connectivity index (χ3v) is 5.25. The fourth-order valence-corrected chi connectivity index (χ4v) is 3.66. The van der Waals surface area contributed by atoms with Crippen molar-refractivity contribution in [3.63, 3.8) is 0 Å². The lowest BCUT2D eigenvalue weighted by molar-refractivity contribution is 0.354. The monoisotopic (exact) mass is 388 g/mol. The van der Waals surface area contributed by atoms with E-state index < -0.39 is 0 Å². The highest BCUT2D eigenvalue weighted by Crippen LogP contribution is 2.39. The number of methoxy groups -OCH3 is 2. The average Bonchev–Trinajstić information content (AvgIpc) is 3.21. The fourth-order valence-electron chi connectivity index (χ4n) is 3.66. The van der Waals surface area contributed by atoms with Crippen LogP contribution in [-0.2, 0) is 0 Å². The molecule has 0 saturated carbocycles. The van der Waals surface area contributed by atoms with E-state index in [1.54, 1.807) is 20.3 Å². The van der Waals surface area contributed by atoms with Gasteiger partial charge in [0.1, 0.15) is 5.75 Å². The first-order valence-corrected chi connectivity index (χ1v) is 9.54. The minimum absolute atomic E-state index is 0.0290. The molecule has 0 aromatic heterocycles. The third-order valence-electron chi connectivity index (χ3n) is 5.25. The fraction of sp³-hybridized carbons (Fsp3) is 0.208. The van der Waals surface area contributed by atoms with Crippen LogP contribution in [0.1, 0.15) is 29.2 Å². The third kappa shape index (κ3) is 3.63. The van der Waals surface area contributed by atoms with Gasteiger partial charge in [-0.15, -0.1) is 0 Å². The second-order valence-corrected chi connectivity index (χ2v) is 7.06. The van der Waals surface area contributed by atoms with Crippen LogP contribution in [0.15, 0.2) is 71.8 Å². The second-order valence-electron chi connectivity index (χ2n) is 7.06. The Balaban J connectivity index is 1.76. The largest absolute Gasteiger partial charge is 0.508 e. The first-order valence-electron chi connectivity index (χ1n) is 9.54. The second kappa shape index (κ2) is 7.87. The average molecular weight is 388 g/mol. The van der Waals surface area contributed by atoms with E-state index in [2.05, 4.69) is 23.2 Å². The van der Waals surface area contributed by atoms with Crippen molar-refractivity contribution in [3.8, 4) is 17.2 Å². The maximum Gasteiger partial charge on any atom is 0.161 e. The number of anilines is 1. The first-order chi connectivity index (χ1) is 14.1. The molecule has 1 N–H and O–H groups in total. The van der Waals surface area contributed by atoms with Crippen LogP contribution in [0, 0.1) is 6.92 Å². The van der Waals surface area contributed by atoms with Crippen LogP contribution >= 0.6 is 0 Å². The van der Waals surface area contributed by atoms with Crippen LogP contribution < -0.4 is 14.5 Å². The van der Waals surface area contributed by atoms with Crippen LogP contribution in [0.4, 0.5) is 5.69 Å². The van der Waals surface area contributed by atoms with Gasteiger partial charge in [-0.2, -0.15) is 5.10 Å². The van der Waals surface area contributed by atoms with Crippen molar-refractivity contribution in [3.05, 3.63) is 83.4 Å². The van der Waals surface area contributed by atoms with Crippen molar-refractivity contribution in [2.45, 2.75) is 19.4 Å². The molecule has 0 saturated heterocycles. The van der Waals surface area contributed by atoms with Gasteiger partial charge in [-0.3, -0.25) is 5.01 Å². The summed E-state index contributed by atoms with van der Waals surface area (Å²) in [6.45, 7) is 1.90. The number of aromatic hydroxyl groups is 1. The van der Waals surface area contributed by atoms with Crippen molar-refractivity contribution in [2.75, 3.05) is 19.2 Å². The number of phenols is 1. The number of phenolic OH excluding ortho intramolecular Hbond substituents is 1. The van der Waals surface area contributed by atoms with Gasteiger partial charge in [0.05, 0.1) is 31.7 Å². The summed E-state index contributed by atoms with van der Waals surface area (Å²) in [7, 11) is 3.28. The molecule has 3 aromatic carbocycles. The lowest BCUT2D eigenvalue weighted by atomic mass is 9.97. The molecule has 0 aliphatic carbocycles. The summed E-state index contributed by atoms with van der Waals surface area (Å²) in [5.41, 5.74) is 4.96. The molecule has 5 nitrogen and oxygen atoms in total. The molecule has 3 aromatic rings. The number of aryl methyl sites for hydroxylation is 1. The van der Waals surface area contributed by atoms with Crippen LogP contribution in [0.2, 0.25) is 0 Å². The van der Waals surface area contributed by atoms with E-state index in [1.807, 2.05) is 49.4 Å². The van der Waals surface area contributed by atoms with Gasteiger partial charge in [-0.25, -0.2) is 0 Å². The van der Waals surface area contributed by atoms with Crippen LogP contribution in [0.5, 0.6) is 17.2 Å². The molecule has 148 valence electrons. The molecule has 1 aliphatic heterocycles. The van der Waals surface area contributed by atoms with Gasteiger partial charge >= 0.3 is 0 Å². The van der Waals surface area contributed by atoms with Gasteiger partial charge in [0.2, 0.25) is 0 Å². The highest BCUT2D eigenvalue weighted by molar-refractivity contribution is 6.03. The van der Waals surface area contributed by atoms with Crippen LogP contribution in [0.25, 0.3) is 0 Å². The highest BCUT2D eigenvalue weighted by atomic mass is 16.5. The molecular weight excluding hydrogens is 364 g/mol. The summed E-state index contributed by atoms with van der Waals surface area (Å²) in [6.07, 6.45) is 0.745. The zero-order valence-electron chi connectivity index (χ0n) is 16.8. The molecule has 0 spiro atoms. The molecule has 0 bridgehead atoms. The number of hydrogen-bond donors (Lipinski definition) is 1. The van der Waals surface area contributed by atoms with Gasteiger partial charge in [0.25, 0.3) is 0 Å².